The molecule has 0 saturated carbocycles. The van der Waals surface area contributed by atoms with E-state index in [1.807, 2.05) is 91.0 Å². The van der Waals surface area contributed by atoms with Crippen LogP contribution in [0.15, 0.2) is 103 Å². The third-order valence-corrected chi connectivity index (χ3v) is 6.96. The fourth-order valence-electron chi connectivity index (χ4n) is 5.14. The molecule has 0 spiro atoms. The molecule has 0 saturated heterocycles. The van der Waals surface area contributed by atoms with Gasteiger partial charge in [0.15, 0.2) is 0 Å². The van der Waals surface area contributed by atoms with Crippen molar-refractivity contribution in [1.82, 2.24) is 9.55 Å². The van der Waals surface area contributed by atoms with Crippen LogP contribution in [0.1, 0.15) is 22.4 Å². The van der Waals surface area contributed by atoms with E-state index < -0.39 is 0 Å². The zero-order valence-electron chi connectivity index (χ0n) is 20.6. The number of rotatable bonds is 5. The van der Waals surface area contributed by atoms with Crippen LogP contribution in [0.4, 0.5) is 5.69 Å². The van der Waals surface area contributed by atoms with Crippen molar-refractivity contribution >= 4 is 27.5 Å². The number of aromatic nitrogens is 2. The molecule has 38 heavy (non-hydrogen) atoms. The smallest absolute Gasteiger partial charge is 0.137 e. The number of benzene rings is 4. The molecule has 6 rings (SSSR count). The number of aryl methyl sites for hydroxylation is 2. The Morgan fingerprint density at radius 1 is 0.658 bits per heavy atom. The highest BCUT2D eigenvalue weighted by Crippen LogP contribution is 2.33. The number of fused-ring (bicyclic) bond motifs is 3. The van der Waals surface area contributed by atoms with Crippen molar-refractivity contribution in [2.45, 2.75) is 12.8 Å². The Kier molecular flexibility index (Phi) is 5.81. The number of nitriles is 2. The predicted molar refractivity (Wildman–Crippen MR) is 152 cm³/mol. The number of para-hydroxylation sites is 2. The molecule has 2 N–H and O–H groups in total. The van der Waals surface area contributed by atoms with Gasteiger partial charge >= 0.3 is 0 Å². The molecule has 0 aliphatic rings. The Hall–Kier alpha value is -5.39. The SMILES string of the molecule is N#Cc1ccc(CCc2cccc(-n3c4ccccc4c4cc(C#N)ccc43)n2)c(-c2ccccc2N)c1. The highest BCUT2D eigenvalue weighted by molar-refractivity contribution is 6.09. The number of nitrogens with zero attached hydrogens (tertiary/aromatic N) is 4. The first kappa shape index (κ1) is 23.0. The standard InChI is InChI=1S/C33H23N5/c34-20-22-12-14-24(28(18-22)26-7-1-3-9-30(26)36)15-16-25-6-5-11-33(37-25)38-31-10-4-2-8-27(31)29-19-23(21-35)13-17-32(29)38/h1-14,17-19H,15-16,36H2. The fourth-order valence-corrected chi connectivity index (χ4v) is 5.14. The van der Waals surface area contributed by atoms with Crippen molar-refractivity contribution in [3.8, 4) is 29.1 Å². The van der Waals surface area contributed by atoms with Gasteiger partial charge in [-0.2, -0.15) is 10.5 Å². The van der Waals surface area contributed by atoms with Gasteiger partial charge in [-0.05, 0) is 78.6 Å². The lowest BCUT2D eigenvalue weighted by Gasteiger charge is -2.13. The van der Waals surface area contributed by atoms with Crippen molar-refractivity contribution in [1.29, 1.82) is 10.5 Å². The lowest BCUT2D eigenvalue weighted by atomic mass is 9.93. The average Bonchev–Trinajstić information content (AvgIpc) is 3.30. The number of nitrogens with two attached hydrogens (primary N) is 1. The molecule has 0 amide bonds. The van der Waals surface area contributed by atoms with Crippen LogP contribution in [0, 0.1) is 22.7 Å². The summed E-state index contributed by atoms with van der Waals surface area (Å²) in [5.41, 5.74) is 14.3. The molecule has 4 aromatic carbocycles. The van der Waals surface area contributed by atoms with E-state index in [9.17, 15) is 10.5 Å². The predicted octanol–water partition coefficient (Wildman–Crippen LogP) is 6.96. The van der Waals surface area contributed by atoms with Crippen LogP contribution >= 0.6 is 0 Å². The lowest BCUT2D eigenvalue weighted by Crippen LogP contribution is -2.02. The van der Waals surface area contributed by atoms with Crippen LogP contribution in [0.5, 0.6) is 0 Å². The van der Waals surface area contributed by atoms with Crippen molar-refractivity contribution < 1.29 is 0 Å². The molecule has 0 bridgehead atoms. The second-order valence-electron chi connectivity index (χ2n) is 9.25. The molecule has 0 aliphatic heterocycles. The molecule has 2 aromatic heterocycles. The number of hydrogen-bond acceptors (Lipinski definition) is 4. The molecule has 6 aromatic rings. The van der Waals surface area contributed by atoms with Gasteiger partial charge in [0.2, 0.25) is 0 Å². The summed E-state index contributed by atoms with van der Waals surface area (Å²) in [7, 11) is 0. The van der Waals surface area contributed by atoms with E-state index >= 15 is 0 Å². The third-order valence-electron chi connectivity index (χ3n) is 6.96. The van der Waals surface area contributed by atoms with Crippen LogP contribution in [-0.2, 0) is 12.8 Å². The Morgan fingerprint density at radius 2 is 1.39 bits per heavy atom. The van der Waals surface area contributed by atoms with Crippen molar-refractivity contribution in [3.05, 3.63) is 126 Å². The molecule has 2 heterocycles. The molecule has 180 valence electrons. The molecule has 0 fully saturated rings. The fraction of sp³-hybridized carbons (Fsp3) is 0.0606. The Bertz CT molecular complexity index is 1920. The van der Waals surface area contributed by atoms with Gasteiger partial charge in [-0.25, -0.2) is 4.98 Å². The number of anilines is 1. The number of pyridine rings is 1. The maximum Gasteiger partial charge on any atom is 0.137 e. The highest BCUT2D eigenvalue weighted by Gasteiger charge is 2.14. The molecule has 0 atom stereocenters. The second-order valence-corrected chi connectivity index (χ2v) is 9.25. The van der Waals surface area contributed by atoms with Crippen LogP contribution in [0.3, 0.4) is 0 Å². The van der Waals surface area contributed by atoms with Gasteiger partial charge in [-0.3, -0.25) is 4.57 Å². The number of hydrogen-bond donors (Lipinski definition) is 1. The van der Waals surface area contributed by atoms with Crippen LogP contribution in [0.25, 0.3) is 38.8 Å². The summed E-state index contributed by atoms with van der Waals surface area (Å²) >= 11 is 0. The van der Waals surface area contributed by atoms with E-state index in [1.165, 1.54) is 0 Å². The second kappa shape index (κ2) is 9.58. The first-order chi connectivity index (χ1) is 18.7. The summed E-state index contributed by atoms with van der Waals surface area (Å²) in [6.45, 7) is 0. The van der Waals surface area contributed by atoms with E-state index in [1.54, 1.807) is 0 Å². The average molecular weight is 490 g/mol. The Morgan fingerprint density at radius 3 is 2.24 bits per heavy atom. The molecular weight excluding hydrogens is 466 g/mol. The van der Waals surface area contributed by atoms with Gasteiger partial charge < -0.3 is 5.73 Å². The van der Waals surface area contributed by atoms with Crippen molar-refractivity contribution in [2.24, 2.45) is 0 Å². The van der Waals surface area contributed by atoms with Gasteiger partial charge in [0, 0.05) is 27.7 Å². The first-order valence-corrected chi connectivity index (χ1v) is 12.4. The normalized spacial score (nSPS) is 10.9. The maximum absolute atomic E-state index is 9.47. The van der Waals surface area contributed by atoms with Gasteiger partial charge in [0.25, 0.3) is 0 Å². The minimum Gasteiger partial charge on any atom is -0.398 e. The van der Waals surface area contributed by atoms with E-state index in [2.05, 4.69) is 28.8 Å². The van der Waals surface area contributed by atoms with E-state index in [0.717, 1.165) is 62.8 Å². The summed E-state index contributed by atoms with van der Waals surface area (Å²) < 4.78 is 2.16. The molecule has 5 heteroatoms. The minimum absolute atomic E-state index is 0.609. The third kappa shape index (κ3) is 4.03. The van der Waals surface area contributed by atoms with Crippen molar-refractivity contribution in [3.63, 3.8) is 0 Å². The monoisotopic (exact) mass is 489 g/mol. The van der Waals surface area contributed by atoms with Crippen LogP contribution in [0.2, 0.25) is 0 Å². The Balaban J connectivity index is 1.38. The summed E-state index contributed by atoms with van der Waals surface area (Å²) in [6.07, 6.45) is 1.49. The van der Waals surface area contributed by atoms with Crippen molar-refractivity contribution in [2.75, 3.05) is 5.73 Å². The molecule has 5 nitrogen and oxygen atoms in total. The summed E-state index contributed by atoms with van der Waals surface area (Å²) in [4.78, 5) is 5.05. The first-order valence-electron chi connectivity index (χ1n) is 12.4. The van der Waals surface area contributed by atoms with Gasteiger partial charge in [0.05, 0.1) is 34.3 Å². The van der Waals surface area contributed by atoms with Crippen LogP contribution < -0.4 is 5.73 Å². The van der Waals surface area contributed by atoms with Gasteiger partial charge in [-0.15, -0.1) is 0 Å². The van der Waals surface area contributed by atoms with E-state index in [0.29, 0.717) is 16.8 Å². The maximum atomic E-state index is 9.47. The summed E-state index contributed by atoms with van der Waals surface area (Å²) in [5.74, 6) is 0.839. The summed E-state index contributed by atoms with van der Waals surface area (Å²) in [6, 6.07) is 38.1. The zero-order chi connectivity index (χ0) is 26.1. The molecule has 0 aliphatic carbocycles. The quantitative estimate of drug-likeness (QED) is 0.265. The van der Waals surface area contributed by atoms with Crippen LogP contribution in [-0.4, -0.2) is 9.55 Å². The van der Waals surface area contributed by atoms with E-state index in [4.69, 9.17) is 10.7 Å². The molecule has 0 radical (unpaired) electrons. The minimum atomic E-state index is 0.609. The zero-order valence-corrected chi connectivity index (χ0v) is 20.6. The topological polar surface area (TPSA) is 91.4 Å². The van der Waals surface area contributed by atoms with Gasteiger partial charge in [0.1, 0.15) is 5.82 Å². The summed E-state index contributed by atoms with van der Waals surface area (Å²) in [5, 5.41) is 21.0. The Labute approximate surface area is 220 Å². The highest BCUT2D eigenvalue weighted by atomic mass is 15.1. The molecular formula is C33H23N5. The van der Waals surface area contributed by atoms with Gasteiger partial charge in [-0.1, -0.05) is 48.5 Å². The molecule has 0 unspecified atom stereocenters. The largest absolute Gasteiger partial charge is 0.398 e. The van der Waals surface area contributed by atoms with E-state index in [-0.39, 0.29) is 0 Å². The number of nitrogen functional groups attached to an aromatic ring is 1. The lowest BCUT2D eigenvalue weighted by molar-refractivity contribution is 0.899.